The number of fused-ring (bicyclic) bond motifs is 1. The summed E-state index contributed by atoms with van der Waals surface area (Å²) in [6, 6.07) is 7.06. The van der Waals surface area contributed by atoms with Crippen molar-refractivity contribution in [3.8, 4) is 11.5 Å². The van der Waals surface area contributed by atoms with Crippen LogP contribution in [0.1, 0.15) is 45.0 Å². The van der Waals surface area contributed by atoms with Crippen LogP contribution in [0.5, 0.6) is 11.5 Å². The largest absolute Gasteiger partial charge is 0.504 e. The summed E-state index contributed by atoms with van der Waals surface area (Å²) in [5.41, 5.74) is 2.22. The molecule has 3 aromatic rings. The number of phenols is 1. The lowest BCUT2D eigenvalue weighted by molar-refractivity contribution is 0.0948. The fraction of sp³-hybridized carbons (Fsp3) is 0.273. The highest BCUT2D eigenvalue weighted by Gasteiger charge is 2.25. The number of hydrogen-bond acceptors (Lipinski definition) is 6. The molecule has 156 valence electrons. The number of aryl methyl sites for hydroxylation is 1. The van der Waals surface area contributed by atoms with Gasteiger partial charge < -0.3 is 19.6 Å². The predicted molar refractivity (Wildman–Crippen MR) is 120 cm³/mol. The summed E-state index contributed by atoms with van der Waals surface area (Å²) in [7, 11) is 1.50. The average Bonchev–Trinajstić information content (AvgIpc) is 3.39. The van der Waals surface area contributed by atoms with Crippen molar-refractivity contribution in [1.82, 2.24) is 5.32 Å². The van der Waals surface area contributed by atoms with E-state index in [-0.39, 0.29) is 11.7 Å². The highest BCUT2D eigenvalue weighted by Crippen LogP contribution is 2.40. The third-order valence-electron chi connectivity index (χ3n) is 4.99. The van der Waals surface area contributed by atoms with Gasteiger partial charge in [-0.25, -0.2) is 4.99 Å². The highest BCUT2D eigenvalue weighted by atomic mass is 79.9. The minimum absolute atomic E-state index is 0.00888. The number of benzene rings is 1. The SMILES string of the molecule is COc1cc(Br)cc(C=Nc2sc3c(c2C(=O)NCc2ccco2)CCCC3)c1O. The lowest BCUT2D eigenvalue weighted by Crippen LogP contribution is -2.23. The summed E-state index contributed by atoms with van der Waals surface area (Å²) in [4.78, 5) is 18.8. The van der Waals surface area contributed by atoms with Crippen LogP contribution < -0.4 is 10.1 Å². The first-order valence-corrected chi connectivity index (χ1v) is 11.2. The molecule has 0 unspecified atom stereocenters. The van der Waals surface area contributed by atoms with Crippen molar-refractivity contribution in [2.24, 2.45) is 4.99 Å². The zero-order valence-electron chi connectivity index (χ0n) is 16.4. The van der Waals surface area contributed by atoms with Crippen molar-refractivity contribution in [3.63, 3.8) is 0 Å². The van der Waals surface area contributed by atoms with E-state index < -0.39 is 0 Å². The minimum Gasteiger partial charge on any atom is -0.504 e. The van der Waals surface area contributed by atoms with Crippen molar-refractivity contribution in [3.05, 3.63) is 62.3 Å². The van der Waals surface area contributed by atoms with Crippen molar-refractivity contribution in [2.75, 3.05) is 7.11 Å². The Morgan fingerprint density at radius 2 is 2.23 bits per heavy atom. The lowest BCUT2D eigenvalue weighted by atomic mass is 9.95. The number of methoxy groups -OCH3 is 1. The Labute approximate surface area is 186 Å². The van der Waals surface area contributed by atoms with Gasteiger partial charge in [0.05, 0.1) is 25.5 Å². The van der Waals surface area contributed by atoms with E-state index in [1.807, 2.05) is 6.07 Å². The second-order valence-corrected chi connectivity index (χ2v) is 8.96. The van der Waals surface area contributed by atoms with Gasteiger partial charge in [-0.2, -0.15) is 0 Å². The van der Waals surface area contributed by atoms with E-state index >= 15 is 0 Å². The maximum atomic E-state index is 13.0. The van der Waals surface area contributed by atoms with Gasteiger partial charge in [0.25, 0.3) is 5.91 Å². The molecule has 0 bridgehead atoms. The number of nitrogens with one attached hydrogen (secondary N) is 1. The number of carbonyl (C=O) groups excluding carboxylic acids is 1. The summed E-state index contributed by atoms with van der Waals surface area (Å²) in [6.07, 6.45) is 7.18. The van der Waals surface area contributed by atoms with E-state index in [2.05, 4.69) is 26.2 Å². The van der Waals surface area contributed by atoms with Crippen molar-refractivity contribution >= 4 is 44.4 Å². The van der Waals surface area contributed by atoms with Crippen molar-refractivity contribution in [1.29, 1.82) is 0 Å². The van der Waals surface area contributed by atoms with Crippen LogP contribution in [0.15, 0.2) is 44.4 Å². The van der Waals surface area contributed by atoms with Gasteiger partial charge in [0.15, 0.2) is 11.5 Å². The molecule has 4 rings (SSSR count). The van der Waals surface area contributed by atoms with Gasteiger partial charge in [0, 0.05) is 21.1 Å². The molecule has 30 heavy (non-hydrogen) atoms. The first kappa shape index (κ1) is 20.7. The number of ether oxygens (including phenoxy) is 1. The standard InChI is InChI=1S/C22H21BrN2O4S/c1-28-17-10-14(23)9-13(20(17)26)11-25-22-19(16-6-2-3-7-18(16)30-22)21(27)24-12-15-5-4-8-29-15/h4-5,8-11,26H,2-3,6-7,12H2,1H3,(H,24,27). The zero-order chi connectivity index (χ0) is 21.1. The molecule has 1 aliphatic carbocycles. The number of aliphatic imine (C=N–C) groups is 1. The number of furan rings is 1. The zero-order valence-corrected chi connectivity index (χ0v) is 18.8. The third kappa shape index (κ3) is 4.29. The molecule has 2 N–H and O–H groups in total. The number of thiophene rings is 1. The van der Waals surface area contributed by atoms with Gasteiger partial charge in [-0.15, -0.1) is 11.3 Å². The number of carbonyl (C=O) groups is 1. The molecule has 0 spiro atoms. The Kier molecular flexibility index (Phi) is 6.24. The van der Waals surface area contributed by atoms with Crippen LogP contribution in [0.3, 0.4) is 0 Å². The normalized spacial score (nSPS) is 13.4. The van der Waals surface area contributed by atoms with Gasteiger partial charge >= 0.3 is 0 Å². The lowest BCUT2D eigenvalue weighted by Gasteiger charge is -2.12. The number of rotatable bonds is 6. The van der Waals surface area contributed by atoms with E-state index in [1.54, 1.807) is 42.0 Å². The molecule has 0 radical (unpaired) electrons. The van der Waals surface area contributed by atoms with Gasteiger partial charge in [-0.3, -0.25) is 4.79 Å². The average molecular weight is 489 g/mol. The number of phenolic OH excluding ortho intramolecular Hbond substituents is 1. The molecule has 0 aliphatic heterocycles. The van der Waals surface area contributed by atoms with E-state index in [4.69, 9.17) is 9.15 Å². The Morgan fingerprint density at radius 3 is 3.00 bits per heavy atom. The summed E-state index contributed by atoms with van der Waals surface area (Å²) in [6.45, 7) is 0.323. The number of halogens is 1. The van der Waals surface area contributed by atoms with E-state index in [9.17, 15) is 9.90 Å². The molecule has 1 aliphatic rings. The maximum Gasteiger partial charge on any atom is 0.255 e. The monoisotopic (exact) mass is 488 g/mol. The summed E-state index contributed by atoms with van der Waals surface area (Å²) < 4.78 is 11.3. The predicted octanol–water partition coefficient (Wildman–Crippen LogP) is 5.38. The smallest absolute Gasteiger partial charge is 0.255 e. The molecule has 6 nitrogen and oxygen atoms in total. The molecule has 0 saturated carbocycles. The van der Waals surface area contributed by atoms with Gasteiger partial charge in [-0.05, 0) is 55.5 Å². The van der Waals surface area contributed by atoms with Crippen LogP contribution in [-0.2, 0) is 19.4 Å². The van der Waals surface area contributed by atoms with E-state index in [1.165, 1.54) is 12.0 Å². The van der Waals surface area contributed by atoms with Crippen LogP contribution in [0, 0.1) is 0 Å². The molecule has 1 amide bonds. The van der Waals surface area contributed by atoms with E-state index in [0.29, 0.717) is 34.2 Å². The minimum atomic E-state index is -0.158. The van der Waals surface area contributed by atoms with E-state index in [0.717, 1.165) is 35.7 Å². The highest BCUT2D eigenvalue weighted by molar-refractivity contribution is 9.10. The molecule has 2 aromatic heterocycles. The summed E-state index contributed by atoms with van der Waals surface area (Å²) in [5.74, 6) is 0.903. The molecular weight excluding hydrogens is 468 g/mol. The number of amides is 1. The van der Waals surface area contributed by atoms with Crippen LogP contribution in [0.4, 0.5) is 5.00 Å². The third-order valence-corrected chi connectivity index (χ3v) is 6.65. The second-order valence-electron chi connectivity index (χ2n) is 6.96. The molecule has 1 aromatic carbocycles. The van der Waals surface area contributed by atoms with Crippen molar-refractivity contribution < 1.29 is 19.1 Å². The number of aromatic hydroxyl groups is 1. The quantitative estimate of drug-likeness (QED) is 0.456. The Bertz CT molecular complexity index is 1090. The number of hydrogen-bond donors (Lipinski definition) is 2. The maximum absolute atomic E-state index is 13.0. The van der Waals surface area contributed by atoms with Gasteiger partial charge in [-0.1, -0.05) is 15.9 Å². The fourth-order valence-electron chi connectivity index (χ4n) is 3.52. The second kappa shape index (κ2) is 9.06. The van der Waals surface area contributed by atoms with Gasteiger partial charge in [0.2, 0.25) is 0 Å². The van der Waals surface area contributed by atoms with Crippen LogP contribution in [0.2, 0.25) is 0 Å². The summed E-state index contributed by atoms with van der Waals surface area (Å²) in [5, 5.41) is 14.0. The number of nitrogens with zero attached hydrogens (tertiary/aromatic N) is 1. The summed E-state index contributed by atoms with van der Waals surface area (Å²) >= 11 is 4.96. The Hall–Kier alpha value is -2.58. The molecule has 0 atom stereocenters. The van der Waals surface area contributed by atoms with Crippen LogP contribution >= 0.6 is 27.3 Å². The fourth-order valence-corrected chi connectivity index (χ4v) is 5.21. The molecule has 2 heterocycles. The molecule has 0 fully saturated rings. The van der Waals surface area contributed by atoms with Gasteiger partial charge in [0.1, 0.15) is 10.8 Å². The van der Waals surface area contributed by atoms with Crippen LogP contribution in [-0.4, -0.2) is 24.3 Å². The molecule has 0 saturated heterocycles. The topological polar surface area (TPSA) is 84.1 Å². The molecule has 8 heteroatoms. The molecular formula is C22H21BrN2O4S. The van der Waals surface area contributed by atoms with Crippen molar-refractivity contribution in [2.45, 2.75) is 32.2 Å². The first-order valence-electron chi connectivity index (χ1n) is 9.62. The first-order chi connectivity index (χ1) is 14.6. The Balaban J connectivity index is 1.66. The Morgan fingerprint density at radius 1 is 1.40 bits per heavy atom. The van der Waals surface area contributed by atoms with Crippen LogP contribution in [0.25, 0.3) is 0 Å².